The predicted octanol–water partition coefficient (Wildman–Crippen LogP) is -3.82. The maximum absolute atomic E-state index is 12.3. The third-order valence-corrected chi connectivity index (χ3v) is 8.40. The van der Waals surface area contributed by atoms with Crippen molar-refractivity contribution in [2.75, 3.05) is 92.2 Å². The largest absolute Gasteiger partial charge is 0.447 e. The van der Waals surface area contributed by atoms with Gasteiger partial charge >= 0.3 is 12.2 Å². The number of nitrogens with one attached hydrogen (secondary N) is 2. The summed E-state index contributed by atoms with van der Waals surface area (Å²) in [4.78, 5) is 25.2. The number of hydrogen-bond donors (Lipinski definition) is 13. The molecular weight excluding hydrogens is 790 g/mol. The second kappa shape index (κ2) is 32.6. The van der Waals surface area contributed by atoms with E-state index in [1.165, 1.54) is 0 Å². The Kier molecular flexibility index (Phi) is 31.4. The highest BCUT2D eigenvalue weighted by molar-refractivity contribution is 5.68. The molecule has 22 heteroatoms. The molecule has 3 unspecified atom stereocenters. The first-order valence-electron chi connectivity index (χ1n) is 20.1. The van der Waals surface area contributed by atoms with Gasteiger partial charge in [0, 0.05) is 45.9 Å². The zero-order valence-corrected chi connectivity index (χ0v) is 35.2. The van der Waals surface area contributed by atoms with Gasteiger partial charge in [0.1, 0.15) is 61.0 Å². The molecule has 0 rings (SSSR count). The van der Waals surface area contributed by atoms with Gasteiger partial charge in [-0.3, -0.25) is 4.90 Å². The van der Waals surface area contributed by atoms with E-state index in [0.29, 0.717) is 13.2 Å². The van der Waals surface area contributed by atoms with Crippen LogP contribution in [0, 0.1) is 0 Å². The Morgan fingerprint density at radius 1 is 0.576 bits per heavy atom. The second-order valence-corrected chi connectivity index (χ2v) is 15.2. The zero-order chi connectivity index (χ0) is 45.0. The van der Waals surface area contributed by atoms with Crippen LogP contribution in [0.3, 0.4) is 0 Å². The molecule has 11 atom stereocenters. The first-order valence-corrected chi connectivity index (χ1v) is 20.1. The van der Waals surface area contributed by atoms with E-state index in [0.717, 1.165) is 30.6 Å². The van der Waals surface area contributed by atoms with Crippen LogP contribution in [0.5, 0.6) is 0 Å². The minimum Gasteiger partial charge on any atom is -0.447 e. The number of unbranched alkanes of at least 4 members (excludes halogenated alkanes) is 2. The number of amides is 2. The molecule has 13 N–H and O–H groups in total. The normalized spacial score (nSPS) is 17.8. The summed E-state index contributed by atoms with van der Waals surface area (Å²) in [6, 6.07) is 0. The average Bonchev–Trinajstić information content (AvgIpc) is 3.18. The summed E-state index contributed by atoms with van der Waals surface area (Å²) >= 11 is 0. The Morgan fingerprint density at radius 3 is 1.41 bits per heavy atom. The van der Waals surface area contributed by atoms with E-state index < -0.39 is 111 Å². The van der Waals surface area contributed by atoms with Gasteiger partial charge in [-0.05, 0) is 33.6 Å². The number of hydrogen-bond acceptors (Lipinski definition) is 20. The SMILES string of the molecule is CCCCOC(COCC(O)CN(C[C@H](O)[C@@H](O)[C@H](O)[C@H](O)CO)C[C@H](O)[C@@H](O)[C@H](O)[C@H](O)CO)COCC(COC(=O)NCCNC(=O)OC(C)(C)C)OCCCC. The Morgan fingerprint density at radius 2 is 0.983 bits per heavy atom. The molecule has 0 aliphatic rings. The summed E-state index contributed by atoms with van der Waals surface area (Å²) in [5.74, 6) is 0. The Hall–Kier alpha value is -2.10. The maximum atomic E-state index is 12.3. The second-order valence-electron chi connectivity index (χ2n) is 15.2. The van der Waals surface area contributed by atoms with E-state index in [-0.39, 0.29) is 52.7 Å². The van der Waals surface area contributed by atoms with Crippen molar-refractivity contribution in [3.05, 3.63) is 0 Å². The lowest BCUT2D eigenvalue weighted by molar-refractivity contribution is -0.133. The van der Waals surface area contributed by atoms with Gasteiger partial charge in [0.25, 0.3) is 0 Å². The summed E-state index contributed by atoms with van der Waals surface area (Å²) in [6.07, 6.45) is -15.8. The van der Waals surface area contributed by atoms with E-state index in [9.17, 15) is 55.5 Å². The molecule has 2 amide bonds. The van der Waals surface area contributed by atoms with Crippen molar-refractivity contribution in [3.63, 3.8) is 0 Å². The molecule has 0 spiro atoms. The van der Waals surface area contributed by atoms with Crippen molar-refractivity contribution in [1.82, 2.24) is 15.5 Å². The number of rotatable bonds is 35. The maximum Gasteiger partial charge on any atom is 0.407 e. The number of aliphatic hydroxyl groups excluding tert-OH is 11. The lowest BCUT2D eigenvalue weighted by Gasteiger charge is -2.34. The fourth-order valence-corrected chi connectivity index (χ4v) is 5.05. The quantitative estimate of drug-likeness (QED) is 0.0272. The van der Waals surface area contributed by atoms with Crippen LogP contribution >= 0.6 is 0 Å². The molecule has 0 saturated carbocycles. The van der Waals surface area contributed by atoms with Crippen molar-refractivity contribution < 1.29 is 94.2 Å². The lowest BCUT2D eigenvalue weighted by Crippen LogP contribution is -2.54. The van der Waals surface area contributed by atoms with Crippen LogP contribution in [-0.4, -0.2) is 238 Å². The highest BCUT2D eigenvalue weighted by atomic mass is 16.6. The third kappa shape index (κ3) is 27.5. The lowest BCUT2D eigenvalue weighted by atomic mass is 10.0. The summed E-state index contributed by atoms with van der Waals surface area (Å²) in [6.45, 7) is 6.36. The summed E-state index contributed by atoms with van der Waals surface area (Å²) in [7, 11) is 0. The van der Waals surface area contributed by atoms with Crippen LogP contribution in [-0.2, 0) is 28.4 Å². The average molecular weight is 866 g/mol. The molecule has 59 heavy (non-hydrogen) atoms. The number of carbonyl (C=O) groups is 2. The molecule has 0 aromatic heterocycles. The van der Waals surface area contributed by atoms with Gasteiger partial charge in [0.2, 0.25) is 0 Å². The Labute approximate surface area is 346 Å². The molecule has 0 bridgehead atoms. The summed E-state index contributed by atoms with van der Waals surface area (Å²) in [5, 5.41) is 115. The molecule has 0 fully saturated rings. The van der Waals surface area contributed by atoms with E-state index >= 15 is 0 Å². The van der Waals surface area contributed by atoms with Gasteiger partial charge in [0.05, 0.1) is 58.0 Å². The van der Waals surface area contributed by atoms with E-state index in [4.69, 9.17) is 38.6 Å². The Balaban J connectivity index is 5.37. The first-order chi connectivity index (χ1) is 27.8. The fourth-order valence-electron chi connectivity index (χ4n) is 5.05. The van der Waals surface area contributed by atoms with Crippen LogP contribution in [0.1, 0.15) is 60.3 Å². The topological polar surface area (TPSA) is 339 Å². The summed E-state index contributed by atoms with van der Waals surface area (Å²) < 4.78 is 33.8. The van der Waals surface area contributed by atoms with Gasteiger partial charge in [-0.15, -0.1) is 0 Å². The minimum atomic E-state index is -1.99. The van der Waals surface area contributed by atoms with Gasteiger partial charge in [0.15, 0.2) is 0 Å². The van der Waals surface area contributed by atoms with Crippen LogP contribution in [0.15, 0.2) is 0 Å². The van der Waals surface area contributed by atoms with Gasteiger partial charge in [-0.25, -0.2) is 9.59 Å². The number of ether oxygens (including phenoxy) is 6. The van der Waals surface area contributed by atoms with Crippen molar-refractivity contribution in [2.24, 2.45) is 0 Å². The fraction of sp³-hybridized carbons (Fsp3) is 0.946. The van der Waals surface area contributed by atoms with Gasteiger partial charge in [-0.2, -0.15) is 0 Å². The molecular formula is C37H75N3O19. The monoisotopic (exact) mass is 865 g/mol. The highest BCUT2D eigenvalue weighted by Crippen LogP contribution is 2.12. The molecule has 0 aliphatic carbocycles. The molecule has 352 valence electrons. The number of carbonyl (C=O) groups excluding carboxylic acids is 2. The van der Waals surface area contributed by atoms with Crippen LogP contribution in [0.4, 0.5) is 9.59 Å². The molecule has 0 saturated heterocycles. The van der Waals surface area contributed by atoms with Crippen LogP contribution < -0.4 is 10.6 Å². The Bertz CT molecular complexity index is 1030. The van der Waals surface area contributed by atoms with E-state index in [2.05, 4.69) is 10.6 Å². The molecule has 0 aliphatic heterocycles. The van der Waals surface area contributed by atoms with Crippen molar-refractivity contribution in [2.45, 2.75) is 133 Å². The van der Waals surface area contributed by atoms with Crippen LogP contribution in [0.25, 0.3) is 0 Å². The summed E-state index contributed by atoms with van der Waals surface area (Å²) in [5.41, 5.74) is -0.660. The molecule has 0 aromatic rings. The third-order valence-electron chi connectivity index (χ3n) is 8.40. The molecule has 0 aromatic carbocycles. The van der Waals surface area contributed by atoms with Gasteiger partial charge in [-0.1, -0.05) is 26.7 Å². The van der Waals surface area contributed by atoms with E-state index in [1.807, 2.05) is 13.8 Å². The van der Waals surface area contributed by atoms with Crippen molar-refractivity contribution in [1.29, 1.82) is 0 Å². The van der Waals surface area contributed by atoms with Gasteiger partial charge < -0.3 is 95.2 Å². The molecule has 22 nitrogen and oxygen atoms in total. The number of aliphatic hydroxyl groups is 11. The van der Waals surface area contributed by atoms with Crippen LogP contribution in [0.2, 0.25) is 0 Å². The zero-order valence-electron chi connectivity index (χ0n) is 35.2. The first kappa shape index (κ1) is 56.9. The number of alkyl carbamates (subject to hydrolysis) is 2. The van der Waals surface area contributed by atoms with Crippen molar-refractivity contribution >= 4 is 12.2 Å². The highest BCUT2D eigenvalue weighted by Gasteiger charge is 2.35. The minimum absolute atomic E-state index is 0.0266. The number of nitrogens with zero attached hydrogens (tertiary/aromatic N) is 1. The molecule has 0 radical (unpaired) electrons. The van der Waals surface area contributed by atoms with Crippen molar-refractivity contribution in [3.8, 4) is 0 Å². The smallest absolute Gasteiger partial charge is 0.407 e. The standard InChI is InChI=1S/C37H75N3O19/c1-6-8-12-56-25(21-55-22-26(57-13-9-7-2)23-58-35(52)38-10-11-39-36(53)59-37(3,4)5)20-54-19-24(43)14-40(15-27(44)31(48)33(50)29(46)17-41)16-28(45)32(49)34(51)30(47)18-42/h24-34,41-51H,6-23H2,1-5H3,(H,38,52)(H,39,53)/t24?,25?,26?,27-,28-,29+,30+,31+,32+,33+,34+/m0/s1. The molecule has 0 heterocycles. The predicted molar refractivity (Wildman–Crippen MR) is 209 cm³/mol. The van der Waals surface area contributed by atoms with E-state index in [1.54, 1.807) is 20.8 Å².